The lowest BCUT2D eigenvalue weighted by atomic mass is 9.88. The molecule has 4 heterocycles. The number of nitrogens with one attached hydrogen (secondary N) is 6. The van der Waals surface area contributed by atoms with Gasteiger partial charge < -0.3 is 48.3 Å². The molecule has 6 rings (SSSR count). The third-order valence-corrected chi connectivity index (χ3v) is 18.9. The van der Waals surface area contributed by atoms with Crippen molar-refractivity contribution in [2.75, 3.05) is 19.6 Å². The quantitative estimate of drug-likeness (QED) is 0.0790. The van der Waals surface area contributed by atoms with Crippen LogP contribution in [-0.4, -0.2) is 126 Å². The summed E-state index contributed by atoms with van der Waals surface area (Å²) in [5.74, 6) is -6.77. The van der Waals surface area contributed by atoms with Crippen LogP contribution in [0, 0.1) is 43.4 Å². The van der Waals surface area contributed by atoms with E-state index in [1.54, 1.807) is 27.7 Å². The van der Waals surface area contributed by atoms with Gasteiger partial charge >= 0.3 is 0 Å². The van der Waals surface area contributed by atoms with Crippen LogP contribution in [0.3, 0.4) is 0 Å². The fraction of sp³-hybridized carbons (Fsp3) is 0.606. The van der Waals surface area contributed by atoms with Gasteiger partial charge in [-0.25, -0.2) is 0 Å². The number of nitrogens with zero attached hydrogens (tertiary/aromatic N) is 1. The molecule has 8 atom stereocenters. The molecule has 7 amide bonds. The van der Waals surface area contributed by atoms with Gasteiger partial charge in [0.2, 0.25) is 35.4 Å². The summed E-state index contributed by atoms with van der Waals surface area (Å²) in [4.78, 5) is 149. The van der Waals surface area contributed by atoms with Crippen molar-refractivity contribution in [1.29, 1.82) is 0 Å². The average Bonchev–Trinajstić information content (AvgIpc) is 3.86. The van der Waals surface area contributed by atoms with E-state index in [1.807, 2.05) is 84.0 Å². The normalized spacial score (nSPS) is 24.3. The minimum Gasteiger partial charge on any atom is -0.346 e. The molecule has 0 radical (unpaired) electrons. The van der Waals surface area contributed by atoms with Gasteiger partial charge in [-0.2, -0.15) is 0 Å². The molecule has 4 bridgehead atoms. The molecule has 3 aliphatic rings. The molecule has 2 aromatic heterocycles. The lowest BCUT2D eigenvalue weighted by Crippen LogP contribution is -2.60. The summed E-state index contributed by atoms with van der Waals surface area (Å²) in [5.41, 5.74) is 16.6. The Morgan fingerprint density at radius 1 is 0.552 bits per heavy atom. The van der Waals surface area contributed by atoms with Crippen LogP contribution in [0.1, 0.15) is 191 Å². The first-order valence-electron chi connectivity index (χ1n) is 31.4. The van der Waals surface area contributed by atoms with Crippen LogP contribution in [0.25, 0.3) is 11.1 Å². The number of fused-ring (bicyclic) bond motifs is 7. The number of ketones is 3. The van der Waals surface area contributed by atoms with Crippen molar-refractivity contribution in [1.82, 2.24) is 36.8 Å². The van der Waals surface area contributed by atoms with E-state index in [1.165, 1.54) is 27.6 Å². The van der Waals surface area contributed by atoms with Crippen LogP contribution in [0.15, 0.2) is 42.5 Å². The predicted molar refractivity (Wildman–Crippen MR) is 341 cm³/mol. The molecule has 21 heteroatoms. The van der Waals surface area contributed by atoms with E-state index in [-0.39, 0.29) is 94.4 Å². The van der Waals surface area contributed by atoms with Gasteiger partial charge in [-0.05, 0) is 161 Å². The second-order valence-corrected chi connectivity index (χ2v) is 27.9. The zero-order valence-electron chi connectivity index (χ0n) is 52.7. The number of Topliss-reactive ketones (excluding diaryl/α,β-unsaturated/α-hetero) is 3. The van der Waals surface area contributed by atoms with Gasteiger partial charge in [-0.3, -0.25) is 47.9 Å². The molecular weight excluding hydrogens is 1140 g/mol. The second-order valence-electron chi connectivity index (χ2n) is 25.4. The Morgan fingerprint density at radius 2 is 1.10 bits per heavy atom. The van der Waals surface area contributed by atoms with Crippen molar-refractivity contribution in [2.24, 2.45) is 41.1 Å². The van der Waals surface area contributed by atoms with Crippen LogP contribution in [0.5, 0.6) is 0 Å². The van der Waals surface area contributed by atoms with Crippen LogP contribution >= 0.6 is 22.7 Å². The Labute approximate surface area is 521 Å². The summed E-state index contributed by atoms with van der Waals surface area (Å²) in [7, 11) is 0. The monoisotopic (exact) mass is 1240 g/mol. The zero-order valence-corrected chi connectivity index (χ0v) is 54.3. The number of hydrogen-bond acceptors (Lipinski definition) is 14. The topological polar surface area (TPSA) is 298 Å². The fourth-order valence-electron chi connectivity index (χ4n) is 12.0. The van der Waals surface area contributed by atoms with E-state index in [4.69, 9.17) is 11.5 Å². The molecule has 476 valence electrons. The summed E-state index contributed by atoms with van der Waals surface area (Å²) >= 11 is 2.68. The van der Waals surface area contributed by atoms with Crippen molar-refractivity contribution in [3.8, 4) is 0 Å². The molecule has 2 aliphatic heterocycles. The van der Waals surface area contributed by atoms with Gasteiger partial charge in [0, 0.05) is 47.9 Å². The number of benzene rings is 1. The number of thiophene rings is 2. The Kier molecular flexibility index (Phi) is 26.2. The van der Waals surface area contributed by atoms with Crippen molar-refractivity contribution in [2.45, 2.75) is 208 Å². The number of carbonyl (C=O) groups is 10. The summed E-state index contributed by atoms with van der Waals surface area (Å²) < 4.78 is 0. The first kappa shape index (κ1) is 69.7. The molecular formula is C66H95N9O10S2. The highest BCUT2D eigenvalue weighted by atomic mass is 32.1. The van der Waals surface area contributed by atoms with E-state index in [0.717, 1.165) is 56.9 Å². The maximum Gasteiger partial charge on any atom is 0.262 e. The molecule has 0 unspecified atom stereocenters. The molecule has 1 aromatic carbocycles. The van der Waals surface area contributed by atoms with Crippen LogP contribution in [-0.2, 0) is 44.8 Å². The number of nitrogens with two attached hydrogens (primary N) is 2. The fourth-order valence-corrected chi connectivity index (χ4v) is 14.0. The van der Waals surface area contributed by atoms with Gasteiger partial charge in [0.05, 0.1) is 21.8 Å². The molecule has 1 saturated heterocycles. The Balaban J connectivity index is 1.38. The Bertz CT molecular complexity index is 2980. The van der Waals surface area contributed by atoms with Crippen molar-refractivity contribution >= 4 is 92.5 Å². The first-order chi connectivity index (χ1) is 41.3. The maximum atomic E-state index is 15.0. The predicted octanol–water partition coefficient (Wildman–Crippen LogP) is 7.28. The average molecular weight is 1240 g/mol. The van der Waals surface area contributed by atoms with Crippen molar-refractivity contribution in [3.05, 3.63) is 78.7 Å². The largest absolute Gasteiger partial charge is 0.346 e. The third-order valence-electron chi connectivity index (χ3n) is 16.7. The lowest BCUT2D eigenvalue weighted by Gasteiger charge is -2.32. The number of hydrogen-bond donors (Lipinski definition) is 8. The van der Waals surface area contributed by atoms with E-state index in [2.05, 4.69) is 31.9 Å². The number of aryl methyl sites for hydroxylation is 2. The molecule has 0 saturated carbocycles. The maximum absolute atomic E-state index is 15.0. The summed E-state index contributed by atoms with van der Waals surface area (Å²) in [6.07, 6.45) is 4.22. The third kappa shape index (κ3) is 19.0. The smallest absolute Gasteiger partial charge is 0.262 e. The number of amides is 7. The summed E-state index contributed by atoms with van der Waals surface area (Å²) in [5, 5.41) is 17.5. The zero-order chi connectivity index (χ0) is 63.8. The van der Waals surface area contributed by atoms with E-state index >= 15 is 0 Å². The molecule has 87 heavy (non-hydrogen) atoms. The minimum atomic E-state index is -1.20. The number of allylic oxidation sites excluding steroid dienone is 2. The molecule has 3 aromatic rings. The Morgan fingerprint density at radius 3 is 1.71 bits per heavy atom. The van der Waals surface area contributed by atoms with E-state index < -0.39 is 107 Å². The van der Waals surface area contributed by atoms with Crippen LogP contribution in [0.2, 0.25) is 0 Å². The number of carbonyl (C=O) groups excluding carboxylic acids is 10. The van der Waals surface area contributed by atoms with Crippen molar-refractivity contribution < 1.29 is 47.9 Å². The van der Waals surface area contributed by atoms with Gasteiger partial charge in [-0.1, -0.05) is 85.7 Å². The summed E-state index contributed by atoms with van der Waals surface area (Å²) in [6.45, 7) is 19.3. The van der Waals surface area contributed by atoms with E-state index in [0.29, 0.717) is 35.4 Å². The van der Waals surface area contributed by atoms with Crippen LogP contribution in [0.4, 0.5) is 0 Å². The highest BCUT2D eigenvalue weighted by Gasteiger charge is 2.41. The summed E-state index contributed by atoms with van der Waals surface area (Å²) in [6, 6.07) is 5.21. The Hall–Kier alpha value is -6.42. The first-order valence-corrected chi connectivity index (χ1v) is 33.0. The highest BCUT2D eigenvalue weighted by Crippen LogP contribution is 2.45. The van der Waals surface area contributed by atoms with Gasteiger partial charge in [-0.15, -0.1) is 22.7 Å². The minimum absolute atomic E-state index is 0.0112. The SMILES string of the molecule is Cc1sc2cc1C1=C(CCC1)c1cc(sc1C)C(=O)N[C@@H](C(C)C)C(=O)N[C@@H](CCCN)C(=O)N[C@@H](CC(C)C)C(=O)N[C@H](Cc1ccccc1)C(=O)N1CCC[C@H]1C(=O)N[C@@H](C(C)C)C(=O)C[C@@H](CCCN)C(=O)N[C@@H](CC(C)C)C(=O)CCC2=O. The molecule has 1 fully saturated rings. The molecule has 1 aliphatic carbocycles. The van der Waals surface area contributed by atoms with Gasteiger partial charge in [0.15, 0.2) is 17.3 Å². The molecule has 0 spiro atoms. The van der Waals surface area contributed by atoms with Gasteiger partial charge in [0.25, 0.3) is 5.91 Å². The van der Waals surface area contributed by atoms with Gasteiger partial charge in [0.1, 0.15) is 30.2 Å². The molecule has 10 N–H and O–H groups in total. The van der Waals surface area contributed by atoms with Crippen LogP contribution < -0.4 is 43.4 Å². The van der Waals surface area contributed by atoms with Crippen molar-refractivity contribution in [3.63, 3.8) is 0 Å². The lowest BCUT2D eigenvalue weighted by molar-refractivity contribution is -0.142. The standard InChI is InChI=1S/C66H95N9O10S2/c1-36(2)30-49-53(76)25-26-54(77)56-34-46(40(9)86-56)44-21-14-22-45(44)47-35-57(87-41(47)10)64(83)74-59(39(7)8)65(84)69-48(23-16-28-68)61(80)71-50(31-37(3)4)62(81)72-51(32-42-18-12-11-13-19-42)66(85)75-29-17-24-52(75)63(82)73-58(38(5)6)55(78)33-43(20-15-27-67)60(79)70-49/h11-13,18-19,34-39,43,48-52,58-59H,14-17,20-33,67-68H2,1-10H3,(H,69,84)(H,70,79)(H,71,80)(H,72,81)(H,73,82)(H,74,83)/t43-,48+,49+,50+,51-,52+,58+,59+/m1/s1. The highest BCUT2D eigenvalue weighted by molar-refractivity contribution is 7.14. The number of rotatable bonds is 14. The second kappa shape index (κ2) is 32.7. The molecule has 19 nitrogen and oxygen atoms in total. The van der Waals surface area contributed by atoms with E-state index in [9.17, 15) is 47.9 Å².